The summed E-state index contributed by atoms with van der Waals surface area (Å²) >= 11 is 1.48. The summed E-state index contributed by atoms with van der Waals surface area (Å²) in [6.07, 6.45) is 9.71. The summed E-state index contributed by atoms with van der Waals surface area (Å²) < 4.78 is 11.7. The number of amides is 4. The van der Waals surface area contributed by atoms with E-state index >= 15 is 0 Å². The monoisotopic (exact) mass is 777 g/mol. The topological polar surface area (TPSA) is 142 Å². The summed E-state index contributed by atoms with van der Waals surface area (Å²) in [6, 6.07) is -0.655. The van der Waals surface area contributed by atoms with Gasteiger partial charge in [0, 0.05) is 39.4 Å². The normalized spacial score (nSPS) is 16.9. The lowest BCUT2D eigenvalue weighted by Gasteiger charge is -2.39. The number of likely N-dealkylation sites (N-methyl/N-ethyl adjacent to an activating group) is 2. The number of thiazole rings is 1. The van der Waals surface area contributed by atoms with Gasteiger partial charge in [-0.1, -0.05) is 91.3 Å². The fraction of sp³-hybridized carbons (Fsp3) is 0.683. The predicted octanol–water partition coefficient (Wildman–Crippen LogP) is 5.90. The van der Waals surface area contributed by atoms with Gasteiger partial charge in [-0.2, -0.15) is 0 Å². The first-order valence-electron chi connectivity index (χ1n) is 19.3. The van der Waals surface area contributed by atoms with E-state index in [2.05, 4.69) is 47.9 Å². The van der Waals surface area contributed by atoms with Gasteiger partial charge in [-0.25, -0.2) is 4.98 Å². The second-order valence-electron chi connectivity index (χ2n) is 14.2. The highest BCUT2D eigenvalue weighted by Crippen LogP contribution is 2.29. The van der Waals surface area contributed by atoms with Gasteiger partial charge in [-0.15, -0.1) is 11.3 Å². The number of rotatable bonds is 20. The minimum atomic E-state index is -0.809. The highest BCUT2D eigenvalue weighted by molar-refractivity contribution is 7.09. The maximum absolute atomic E-state index is 13.8. The molecule has 1 fully saturated rings. The maximum Gasteiger partial charge on any atom is 0.242 e. The van der Waals surface area contributed by atoms with E-state index in [4.69, 9.17) is 9.47 Å². The van der Waals surface area contributed by atoms with Gasteiger partial charge in [-0.05, 0) is 46.1 Å². The zero-order chi connectivity index (χ0) is 41.4. The third-order valence-electron chi connectivity index (χ3n) is 9.49. The Bertz CT molecular complexity index is 1300. The van der Waals surface area contributed by atoms with Gasteiger partial charge in [0.2, 0.25) is 23.6 Å². The number of carbonyl (C=O) groups is 4. The van der Waals surface area contributed by atoms with Crippen molar-refractivity contribution in [3.63, 3.8) is 0 Å². The molecular formula is C41H72N6O6S. The quantitative estimate of drug-likeness (QED) is 0.139. The molecule has 1 aromatic heterocycles. The first-order valence-corrected chi connectivity index (χ1v) is 20.1. The van der Waals surface area contributed by atoms with Crippen LogP contribution in [0.5, 0.6) is 0 Å². The minimum Gasteiger partial charge on any atom is -0.379 e. The lowest BCUT2D eigenvalue weighted by molar-refractivity contribution is -0.145. The number of hydrogen-bond donors (Lipinski definition) is 3. The second kappa shape index (κ2) is 27.2. The van der Waals surface area contributed by atoms with Crippen molar-refractivity contribution >= 4 is 35.0 Å². The summed E-state index contributed by atoms with van der Waals surface area (Å²) in [5.41, 5.74) is 0.340. The molecule has 0 spiro atoms. The molecule has 308 valence electrons. The van der Waals surface area contributed by atoms with Crippen molar-refractivity contribution in [1.82, 2.24) is 30.7 Å². The predicted molar refractivity (Wildman–Crippen MR) is 221 cm³/mol. The summed E-state index contributed by atoms with van der Waals surface area (Å²) in [4.78, 5) is 60.4. The van der Waals surface area contributed by atoms with E-state index in [1.54, 1.807) is 58.4 Å². The van der Waals surface area contributed by atoms with Gasteiger partial charge < -0.3 is 35.2 Å². The lowest BCUT2D eigenvalue weighted by atomic mass is 9.90. The van der Waals surface area contributed by atoms with E-state index in [0.717, 1.165) is 29.8 Å². The Balaban J connectivity index is 0.00000247. The first-order chi connectivity index (χ1) is 25.5. The molecule has 0 bridgehead atoms. The second-order valence-corrected chi connectivity index (χ2v) is 15.2. The van der Waals surface area contributed by atoms with Crippen LogP contribution in [0.4, 0.5) is 0 Å². The van der Waals surface area contributed by atoms with Crippen LogP contribution in [0.1, 0.15) is 99.4 Å². The summed E-state index contributed by atoms with van der Waals surface area (Å²) in [5.74, 6) is -1.25. The van der Waals surface area contributed by atoms with Crippen molar-refractivity contribution < 1.29 is 28.7 Å². The van der Waals surface area contributed by atoms with Crippen LogP contribution in [0.15, 0.2) is 48.5 Å². The van der Waals surface area contributed by atoms with Crippen LogP contribution in [0.25, 0.3) is 0 Å². The largest absolute Gasteiger partial charge is 0.379 e. The first kappa shape index (κ1) is 50.6. The number of nitrogens with one attached hydrogen (secondary N) is 3. The van der Waals surface area contributed by atoms with Crippen molar-refractivity contribution in [1.29, 1.82) is 0 Å². The Hall–Kier alpha value is -3.39. The zero-order valence-electron chi connectivity index (χ0n) is 35.3. The average Bonchev–Trinajstić information content (AvgIpc) is 3.86. The number of allylic oxidation sites excluding steroid dienone is 4. The summed E-state index contributed by atoms with van der Waals surface area (Å²) in [5, 5.41) is 11.5. The molecule has 6 unspecified atom stereocenters. The van der Waals surface area contributed by atoms with Gasteiger partial charge >= 0.3 is 0 Å². The molecule has 4 amide bonds. The molecule has 1 aliphatic rings. The summed E-state index contributed by atoms with van der Waals surface area (Å²) in [7, 11) is 4.83. The molecule has 54 heavy (non-hydrogen) atoms. The molecular weight excluding hydrogens is 705 g/mol. The van der Waals surface area contributed by atoms with Gasteiger partial charge in [0.1, 0.15) is 5.01 Å². The molecule has 0 aromatic carbocycles. The molecule has 0 aliphatic carbocycles. The number of nitrogens with zero attached hydrogens (tertiary/aromatic N) is 3. The van der Waals surface area contributed by atoms with Crippen LogP contribution >= 0.6 is 11.3 Å². The standard InChI is InChI=1S/C31H54N6O6S.C7H10.C3H8/c1-10-20(3)27(36(7)26(39)19-34-30(41)31(5,6)35-11-2)23(42-8)17-25(38)37-15-12-13-22(37)28(43-9)21(4)29(40)33-18-24-32-14-16-44-24;1-4-6-7(3)5-2;1-3-2/h14,16,20-23,27-28,35H,10-13,15,17-19H2,1-9H3,(H,33,40)(H,34,41);4-6H,1-2H2,3H3;3H2,1-2H3/b;7-6-;. The number of methoxy groups -OCH3 is 2. The van der Waals surface area contributed by atoms with E-state index in [1.807, 2.05) is 51.0 Å². The van der Waals surface area contributed by atoms with E-state index in [0.29, 0.717) is 19.6 Å². The van der Waals surface area contributed by atoms with Crippen molar-refractivity contribution in [3.8, 4) is 0 Å². The van der Waals surface area contributed by atoms with Crippen LogP contribution in [0, 0.1) is 11.8 Å². The van der Waals surface area contributed by atoms with Gasteiger partial charge in [0.25, 0.3) is 0 Å². The number of likely N-dealkylation sites (tertiary alicyclic amines) is 1. The van der Waals surface area contributed by atoms with Crippen molar-refractivity contribution in [3.05, 3.63) is 53.5 Å². The Morgan fingerprint density at radius 3 is 2.24 bits per heavy atom. The maximum atomic E-state index is 13.8. The zero-order valence-corrected chi connectivity index (χ0v) is 36.1. The Labute approximate surface area is 330 Å². The van der Waals surface area contributed by atoms with Crippen molar-refractivity contribution in [2.45, 2.75) is 131 Å². The van der Waals surface area contributed by atoms with Crippen LogP contribution in [0.3, 0.4) is 0 Å². The van der Waals surface area contributed by atoms with E-state index in [9.17, 15) is 19.2 Å². The van der Waals surface area contributed by atoms with E-state index < -0.39 is 29.7 Å². The molecule has 2 rings (SSSR count). The minimum absolute atomic E-state index is 0.0262. The van der Waals surface area contributed by atoms with Crippen LogP contribution < -0.4 is 16.0 Å². The smallest absolute Gasteiger partial charge is 0.242 e. The van der Waals surface area contributed by atoms with Gasteiger partial charge in [0.15, 0.2) is 0 Å². The number of aromatic nitrogens is 1. The fourth-order valence-electron chi connectivity index (χ4n) is 6.27. The van der Waals surface area contributed by atoms with Gasteiger partial charge in [0.05, 0.1) is 55.3 Å². The molecule has 0 radical (unpaired) electrons. The third-order valence-corrected chi connectivity index (χ3v) is 10.3. The molecule has 2 heterocycles. The van der Waals surface area contributed by atoms with Crippen LogP contribution in [-0.4, -0.2) is 109 Å². The Morgan fingerprint density at radius 1 is 1.11 bits per heavy atom. The number of hydrogen-bond acceptors (Lipinski definition) is 9. The average molecular weight is 777 g/mol. The summed E-state index contributed by atoms with van der Waals surface area (Å²) in [6.45, 7) is 26.0. The van der Waals surface area contributed by atoms with Crippen LogP contribution in [-0.2, 0) is 35.2 Å². The lowest BCUT2D eigenvalue weighted by Crippen LogP contribution is -2.56. The highest BCUT2D eigenvalue weighted by Gasteiger charge is 2.42. The van der Waals surface area contributed by atoms with Gasteiger partial charge in [-0.3, -0.25) is 19.2 Å². The molecule has 0 saturated carbocycles. The molecule has 1 aliphatic heterocycles. The van der Waals surface area contributed by atoms with E-state index in [1.165, 1.54) is 17.8 Å². The third kappa shape index (κ3) is 17.0. The number of carbonyl (C=O) groups excluding carboxylic acids is 4. The Kier molecular flexibility index (Phi) is 25.5. The van der Waals surface area contributed by atoms with Crippen molar-refractivity contribution in [2.24, 2.45) is 11.8 Å². The number of ether oxygens (including phenoxy) is 2. The molecule has 12 nitrogen and oxygen atoms in total. The fourth-order valence-corrected chi connectivity index (χ4v) is 6.82. The molecule has 6 atom stereocenters. The Morgan fingerprint density at radius 2 is 1.76 bits per heavy atom. The molecule has 3 N–H and O–H groups in total. The van der Waals surface area contributed by atoms with Crippen molar-refractivity contribution in [2.75, 3.05) is 40.9 Å². The van der Waals surface area contributed by atoms with E-state index in [-0.39, 0.29) is 48.6 Å². The van der Waals surface area contributed by atoms with Crippen LogP contribution in [0.2, 0.25) is 0 Å². The molecule has 13 heteroatoms. The molecule has 1 saturated heterocycles. The molecule has 1 aromatic rings. The SMILES string of the molecule is C=C/C=C(/C)C=C.CCC.CCNC(C)(C)C(=O)NCC(=O)N(C)C(C(C)CC)C(CC(=O)N1CCCC1C(OC)C(C)C(=O)NCc1nccs1)OC. The highest BCUT2D eigenvalue weighted by atomic mass is 32.1.